The fraction of sp³-hybridized carbons (Fsp3) is 0.464. The zero-order valence-electron chi connectivity index (χ0n) is 21.5. The first kappa shape index (κ1) is 23.6. The number of piperidine rings is 1. The molecule has 2 N–H and O–H groups in total. The minimum atomic E-state index is -1.85. The van der Waals surface area contributed by atoms with Crippen molar-refractivity contribution in [3.63, 3.8) is 0 Å². The minimum absolute atomic E-state index is 0.106. The number of nitrogens with zero attached hydrogens (tertiary/aromatic N) is 3. The van der Waals surface area contributed by atoms with E-state index in [-0.39, 0.29) is 25.4 Å². The van der Waals surface area contributed by atoms with Crippen LogP contribution in [-0.4, -0.2) is 58.5 Å². The summed E-state index contributed by atoms with van der Waals surface area (Å²) in [6.45, 7) is 4.82. The Hall–Kier alpha value is -3.47. The van der Waals surface area contributed by atoms with Crippen molar-refractivity contribution in [2.45, 2.75) is 57.5 Å². The number of likely N-dealkylation sites (tertiary alicyclic amines) is 1. The average molecular weight is 519 g/mol. The highest BCUT2D eigenvalue weighted by Crippen LogP contribution is 2.43. The first-order valence-electron chi connectivity index (χ1n) is 13.2. The van der Waals surface area contributed by atoms with Gasteiger partial charge in [0.2, 0.25) is 6.79 Å². The molecule has 10 heteroatoms. The molecule has 38 heavy (non-hydrogen) atoms. The Bertz CT molecular complexity index is 1560. The number of carbonyl (C=O) groups excluding carboxylic acids is 1. The second kappa shape index (κ2) is 8.52. The Labute approximate surface area is 219 Å². The van der Waals surface area contributed by atoms with E-state index in [4.69, 9.17) is 19.2 Å². The van der Waals surface area contributed by atoms with Gasteiger partial charge in [0.1, 0.15) is 6.61 Å². The average Bonchev–Trinajstić information content (AvgIpc) is 3.53. The van der Waals surface area contributed by atoms with Crippen molar-refractivity contribution in [2.75, 3.05) is 26.9 Å². The van der Waals surface area contributed by atoms with Crippen LogP contribution in [0.25, 0.3) is 22.3 Å². The van der Waals surface area contributed by atoms with Crippen molar-refractivity contribution in [3.8, 4) is 22.9 Å². The van der Waals surface area contributed by atoms with Crippen LogP contribution in [0.15, 0.2) is 23.0 Å². The number of hydrogen-bond acceptors (Lipinski definition) is 9. The Balaban J connectivity index is 1.39. The largest absolute Gasteiger partial charge is 0.458 e. The summed E-state index contributed by atoms with van der Waals surface area (Å²) in [4.78, 5) is 33.5. The van der Waals surface area contributed by atoms with Crippen molar-refractivity contribution in [1.29, 1.82) is 0 Å². The molecule has 7 rings (SSSR count). The molecule has 1 fully saturated rings. The molecule has 4 aliphatic heterocycles. The van der Waals surface area contributed by atoms with E-state index in [0.29, 0.717) is 53.1 Å². The SMILES string of the molecule is CC[C@@]1(O)C(=O)OCc2c1cc1n(c2=O)Cc2c-1nc1cc3c(cc1c2CNC1CCN(C)CC1)OCO3. The van der Waals surface area contributed by atoms with Gasteiger partial charge in [0.15, 0.2) is 17.1 Å². The number of nitrogens with one attached hydrogen (secondary N) is 1. The number of rotatable bonds is 4. The molecule has 0 amide bonds. The lowest BCUT2D eigenvalue weighted by atomic mass is 9.86. The number of pyridine rings is 2. The number of fused-ring (bicyclic) bond motifs is 6. The number of carbonyl (C=O) groups is 1. The van der Waals surface area contributed by atoms with E-state index in [2.05, 4.69) is 17.3 Å². The lowest BCUT2D eigenvalue weighted by molar-refractivity contribution is -0.172. The van der Waals surface area contributed by atoms with Gasteiger partial charge in [-0.3, -0.25) is 4.79 Å². The molecule has 1 saturated heterocycles. The fourth-order valence-electron chi connectivity index (χ4n) is 6.21. The lowest BCUT2D eigenvalue weighted by Crippen LogP contribution is -2.44. The molecule has 0 bridgehead atoms. The molecule has 4 aliphatic rings. The van der Waals surface area contributed by atoms with E-state index in [9.17, 15) is 14.7 Å². The van der Waals surface area contributed by atoms with Crippen molar-refractivity contribution < 1.29 is 24.1 Å². The van der Waals surface area contributed by atoms with E-state index < -0.39 is 11.6 Å². The van der Waals surface area contributed by atoms with Gasteiger partial charge in [0.25, 0.3) is 5.56 Å². The van der Waals surface area contributed by atoms with E-state index in [0.717, 1.165) is 48.0 Å². The standard InChI is InChI=1S/C28H30N4O6/c1-3-28(35)20-9-22-25-18(12-32(22)26(33)19(20)13-36-27(28)34)17(11-29-15-4-6-31(2)7-5-15)16-8-23-24(38-14-37-23)10-21(16)30-25/h8-10,15,29,35H,3-7,11-14H2,1-2H3/t28-/m0/s1. The maximum atomic E-state index is 13.7. The molecule has 198 valence electrons. The molecule has 6 heterocycles. The highest BCUT2D eigenvalue weighted by molar-refractivity contribution is 5.91. The molecule has 0 aliphatic carbocycles. The van der Waals surface area contributed by atoms with Crippen LogP contribution < -0.4 is 20.3 Å². The Kier molecular flexibility index (Phi) is 5.30. The molecular formula is C28H30N4O6. The molecule has 10 nitrogen and oxygen atoms in total. The van der Waals surface area contributed by atoms with E-state index in [1.165, 1.54) is 0 Å². The van der Waals surface area contributed by atoms with Crippen LogP contribution in [0.5, 0.6) is 11.5 Å². The number of aromatic nitrogens is 2. The monoisotopic (exact) mass is 518 g/mol. The fourth-order valence-corrected chi connectivity index (χ4v) is 6.21. The van der Waals surface area contributed by atoms with Gasteiger partial charge < -0.3 is 34.1 Å². The quantitative estimate of drug-likeness (QED) is 0.392. The van der Waals surface area contributed by atoms with Crippen molar-refractivity contribution in [2.24, 2.45) is 0 Å². The van der Waals surface area contributed by atoms with Crippen LogP contribution in [0.4, 0.5) is 0 Å². The Morgan fingerprint density at radius 3 is 2.63 bits per heavy atom. The molecule has 0 unspecified atom stereocenters. The summed E-state index contributed by atoms with van der Waals surface area (Å²) in [5.74, 6) is 0.604. The third-order valence-electron chi connectivity index (χ3n) is 8.59. The summed E-state index contributed by atoms with van der Waals surface area (Å²) >= 11 is 0. The number of esters is 1. The highest BCUT2D eigenvalue weighted by atomic mass is 16.7. The summed E-state index contributed by atoms with van der Waals surface area (Å²) in [5.41, 5.74) is 2.59. The smallest absolute Gasteiger partial charge is 0.343 e. The van der Waals surface area contributed by atoms with Gasteiger partial charge in [0, 0.05) is 35.2 Å². The number of ether oxygens (including phenoxy) is 3. The molecular weight excluding hydrogens is 488 g/mol. The second-order valence-electron chi connectivity index (χ2n) is 10.7. The molecule has 1 aromatic carbocycles. The molecule has 3 aromatic rings. The normalized spacial score (nSPS) is 22.3. The van der Waals surface area contributed by atoms with Gasteiger partial charge in [-0.25, -0.2) is 9.78 Å². The summed E-state index contributed by atoms with van der Waals surface area (Å²) in [6.07, 6.45) is 2.25. The van der Waals surface area contributed by atoms with E-state index in [1.54, 1.807) is 17.6 Å². The summed E-state index contributed by atoms with van der Waals surface area (Å²) < 4.78 is 18.2. The molecule has 0 saturated carbocycles. The van der Waals surface area contributed by atoms with Crippen LogP contribution in [0.1, 0.15) is 48.4 Å². The first-order valence-corrected chi connectivity index (χ1v) is 13.2. The summed E-state index contributed by atoms with van der Waals surface area (Å²) in [6, 6.07) is 6.03. The first-order chi connectivity index (χ1) is 18.4. The van der Waals surface area contributed by atoms with Crippen molar-refractivity contribution in [3.05, 3.63) is 50.8 Å². The van der Waals surface area contributed by atoms with Gasteiger partial charge in [-0.05, 0) is 57.1 Å². The summed E-state index contributed by atoms with van der Waals surface area (Å²) in [7, 11) is 2.15. The van der Waals surface area contributed by atoms with Gasteiger partial charge in [0.05, 0.1) is 29.0 Å². The second-order valence-corrected chi connectivity index (χ2v) is 10.7. The van der Waals surface area contributed by atoms with Crippen LogP contribution in [0.3, 0.4) is 0 Å². The predicted molar refractivity (Wildman–Crippen MR) is 138 cm³/mol. The van der Waals surface area contributed by atoms with Gasteiger partial charge in [-0.15, -0.1) is 0 Å². The molecule has 1 atom stereocenters. The molecule has 2 aromatic heterocycles. The minimum Gasteiger partial charge on any atom is -0.458 e. The number of benzene rings is 1. The van der Waals surface area contributed by atoms with Crippen LogP contribution >= 0.6 is 0 Å². The van der Waals surface area contributed by atoms with Gasteiger partial charge in [-0.1, -0.05) is 6.92 Å². The van der Waals surface area contributed by atoms with Crippen LogP contribution in [0, 0.1) is 0 Å². The lowest BCUT2D eigenvalue weighted by Gasteiger charge is -2.31. The predicted octanol–water partition coefficient (Wildman–Crippen LogP) is 1.99. The van der Waals surface area contributed by atoms with Crippen molar-refractivity contribution >= 4 is 16.9 Å². The topological polar surface area (TPSA) is 115 Å². The third-order valence-corrected chi connectivity index (χ3v) is 8.59. The van der Waals surface area contributed by atoms with Gasteiger partial charge >= 0.3 is 5.97 Å². The number of aliphatic hydroxyl groups is 1. The third kappa shape index (κ3) is 3.40. The number of hydrogen-bond donors (Lipinski definition) is 2. The molecule has 0 radical (unpaired) electrons. The summed E-state index contributed by atoms with van der Waals surface area (Å²) in [5, 5.41) is 15.9. The van der Waals surface area contributed by atoms with E-state index in [1.807, 2.05) is 12.1 Å². The van der Waals surface area contributed by atoms with Gasteiger partial charge in [-0.2, -0.15) is 0 Å². The zero-order valence-corrected chi connectivity index (χ0v) is 21.5. The maximum Gasteiger partial charge on any atom is 0.343 e. The highest BCUT2D eigenvalue weighted by Gasteiger charge is 2.45. The Morgan fingerprint density at radius 2 is 1.87 bits per heavy atom. The Morgan fingerprint density at radius 1 is 1.11 bits per heavy atom. The molecule has 0 spiro atoms. The zero-order chi connectivity index (χ0) is 26.2. The van der Waals surface area contributed by atoms with Crippen LogP contribution in [-0.2, 0) is 34.8 Å². The number of cyclic esters (lactones) is 1. The van der Waals surface area contributed by atoms with Crippen molar-refractivity contribution in [1.82, 2.24) is 19.8 Å². The maximum absolute atomic E-state index is 13.7. The van der Waals surface area contributed by atoms with E-state index >= 15 is 0 Å². The van der Waals surface area contributed by atoms with Crippen LogP contribution in [0.2, 0.25) is 0 Å².